The molecule has 3 aromatic rings. The Labute approximate surface area is 217 Å². The number of nitrogens with zero attached hydrogens (tertiary/aromatic N) is 4. The van der Waals surface area contributed by atoms with Crippen LogP contribution in [0.1, 0.15) is 45.5 Å². The normalized spacial score (nSPS) is 20.8. The summed E-state index contributed by atoms with van der Waals surface area (Å²) in [6.45, 7) is 2.32. The molecule has 9 heteroatoms. The van der Waals surface area contributed by atoms with Crippen LogP contribution in [0.4, 0.5) is 17.6 Å². The van der Waals surface area contributed by atoms with Crippen molar-refractivity contribution < 1.29 is 22.4 Å². The van der Waals surface area contributed by atoms with Gasteiger partial charge in [0.2, 0.25) is 5.91 Å². The van der Waals surface area contributed by atoms with Gasteiger partial charge in [0.05, 0.1) is 31.3 Å². The van der Waals surface area contributed by atoms with E-state index in [1.54, 1.807) is 11.1 Å². The van der Waals surface area contributed by atoms with Gasteiger partial charge in [0, 0.05) is 55.1 Å². The van der Waals surface area contributed by atoms with Crippen molar-refractivity contribution in [2.24, 2.45) is 4.99 Å². The van der Waals surface area contributed by atoms with Gasteiger partial charge in [-0.3, -0.25) is 19.7 Å². The summed E-state index contributed by atoms with van der Waals surface area (Å²) >= 11 is 0. The maximum atomic E-state index is 14.8. The number of hydrogen-bond acceptors (Lipinski definition) is 4. The summed E-state index contributed by atoms with van der Waals surface area (Å²) in [4.78, 5) is 25.2. The highest BCUT2D eigenvalue weighted by Gasteiger charge is 2.44. The maximum absolute atomic E-state index is 14.8. The predicted octanol–water partition coefficient (Wildman–Crippen LogP) is 4.81. The van der Waals surface area contributed by atoms with Gasteiger partial charge >= 0.3 is 0 Å². The van der Waals surface area contributed by atoms with E-state index in [0.717, 1.165) is 57.4 Å². The molecular weight excluding hydrogens is 496 g/mol. The Hall–Kier alpha value is -3.59. The smallest absolute Gasteiger partial charge is 0.262 e. The molecule has 4 heterocycles. The quantitative estimate of drug-likeness (QED) is 0.462. The van der Waals surface area contributed by atoms with Crippen LogP contribution in [0.15, 0.2) is 53.7 Å². The van der Waals surface area contributed by atoms with Crippen LogP contribution in [0.5, 0.6) is 0 Å². The number of pyridine rings is 1. The van der Waals surface area contributed by atoms with Gasteiger partial charge in [-0.1, -0.05) is 6.07 Å². The number of piperidine rings is 1. The van der Waals surface area contributed by atoms with Gasteiger partial charge in [-0.2, -0.15) is 0 Å². The third-order valence-corrected chi connectivity index (χ3v) is 7.49. The molecule has 1 atom stereocenters. The molecule has 2 aromatic carbocycles. The number of benzene rings is 2. The number of likely N-dealkylation sites (tertiary alicyclic amines) is 1. The first kappa shape index (κ1) is 24.7. The van der Waals surface area contributed by atoms with E-state index >= 15 is 0 Å². The molecule has 6 rings (SSSR count). The Morgan fingerprint density at radius 3 is 2.58 bits per heavy atom. The molecule has 3 aliphatic rings. The minimum absolute atomic E-state index is 0.0297. The number of hydrogen-bond donors (Lipinski definition) is 0. The first-order chi connectivity index (χ1) is 18.1. The lowest BCUT2D eigenvalue weighted by atomic mass is 9.89. The van der Waals surface area contributed by atoms with Crippen LogP contribution in [0.2, 0.25) is 0 Å². The van der Waals surface area contributed by atoms with Gasteiger partial charge in [-0.25, -0.2) is 17.6 Å². The average molecular weight is 523 g/mol. The average Bonchev–Trinajstić information content (AvgIpc) is 3.23. The van der Waals surface area contributed by atoms with Crippen molar-refractivity contribution in [3.63, 3.8) is 0 Å². The predicted molar refractivity (Wildman–Crippen MR) is 134 cm³/mol. The summed E-state index contributed by atoms with van der Waals surface area (Å²) in [6.07, 6.45) is 1.44. The molecule has 3 aliphatic heterocycles. The molecule has 1 amide bonds. The SMILES string of the molecule is Cc1cc(C2=NCc3cc4c(cc32)CN(C2CN(Cc3cc(F)cc(F)c3)CC(F)(F)C2)C(=O)C4)ccn1. The number of amides is 1. The molecule has 196 valence electrons. The molecule has 1 saturated heterocycles. The fourth-order valence-corrected chi connectivity index (χ4v) is 5.91. The molecule has 5 nitrogen and oxygen atoms in total. The van der Waals surface area contributed by atoms with Crippen LogP contribution in [0, 0.1) is 18.6 Å². The molecule has 1 aromatic heterocycles. The number of halogens is 4. The number of alkyl halides is 2. The second kappa shape index (κ2) is 9.31. The Bertz CT molecular complexity index is 1450. The zero-order valence-electron chi connectivity index (χ0n) is 20.9. The lowest BCUT2D eigenvalue weighted by molar-refractivity contribution is -0.143. The van der Waals surface area contributed by atoms with Gasteiger partial charge in [0.15, 0.2) is 0 Å². The van der Waals surface area contributed by atoms with E-state index in [4.69, 9.17) is 4.99 Å². The van der Waals surface area contributed by atoms with Crippen LogP contribution in [0.3, 0.4) is 0 Å². The summed E-state index contributed by atoms with van der Waals surface area (Å²) in [5, 5.41) is 0. The van der Waals surface area contributed by atoms with Crippen molar-refractivity contribution in [2.75, 3.05) is 13.1 Å². The molecule has 0 aliphatic carbocycles. The second-order valence-electron chi connectivity index (χ2n) is 10.5. The molecular formula is C29H26F4N4O. The summed E-state index contributed by atoms with van der Waals surface area (Å²) in [7, 11) is 0. The molecule has 1 fully saturated rings. The van der Waals surface area contributed by atoms with Crippen LogP contribution >= 0.6 is 0 Å². The monoisotopic (exact) mass is 522 g/mol. The number of aliphatic imine (C=N–C) groups is 1. The summed E-state index contributed by atoms with van der Waals surface area (Å²) in [6, 6.07) is 10.3. The molecule has 0 bridgehead atoms. The van der Waals surface area contributed by atoms with E-state index in [-0.39, 0.29) is 37.5 Å². The van der Waals surface area contributed by atoms with E-state index < -0.39 is 36.6 Å². The van der Waals surface area contributed by atoms with Gasteiger partial charge in [-0.15, -0.1) is 0 Å². The highest BCUT2D eigenvalue weighted by atomic mass is 19.3. The lowest BCUT2D eigenvalue weighted by Gasteiger charge is -2.44. The Balaban J connectivity index is 1.25. The van der Waals surface area contributed by atoms with Crippen molar-refractivity contribution >= 4 is 11.6 Å². The lowest BCUT2D eigenvalue weighted by Crippen LogP contribution is -2.57. The van der Waals surface area contributed by atoms with Gasteiger partial charge in [0.1, 0.15) is 11.6 Å². The molecule has 0 radical (unpaired) electrons. The van der Waals surface area contributed by atoms with Gasteiger partial charge < -0.3 is 4.90 Å². The second-order valence-corrected chi connectivity index (χ2v) is 10.5. The van der Waals surface area contributed by atoms with Crippen LogP contribution in [-0.2, 0) is 30.8 Å². The highest BCUT2D eigenvalue weighted by Crippen LogP contribution is 2.35. The fourth-order valence-electron chi connectivity index (χ4n) is 5.91. The Morgan fingerprint density at radius 1 is 1.03 bits per heavy atom. The first-order valence-electron chi connectivity index (χ1n) is 12.6. The maximum Gasteiger partial charge on any atom is 0.262 e. The van der Waals surface area contributed by atoms with E-state index in [1.807, 2.05) is 31.2 Å². The van der Waals surface area contributed by atoms with E-state index in [1.165, 1.54) is 4.90 Å². The summed E-state index contributed by atoms with van der Waals surface area (Å²) in [5.41, 5.74) is 6.88. The topological polar surface area (TPSA) is 48.8 Å². The van der Waals surface area contributed by atoms with Crippen LogP contribution in [0.25, 0.3) is 0 Å². The van der Waals surface area contributed by atoms with Crippen molar-refractivity contribution in [3.8, 4) is 0 Å². The Kier molecular flexibility index (Phi) is 6.06. The largest absolute Gasteiger partial charge is 0.334 e. The summed E-state index contributed by atoms with van der Waals surface area (Å²) in [5.74, 6) is -4.73. The zero-order valence-corrected chi connectivity index (χ0v) is 20.9. The van der Waals surface area contributed by atoms with E-state index in [0.29, 0.717) is 6.54 Å². The summed E-state index contributed by atoms with van der Waals surface area (Å²) < 4.78 is 57.0. The Morgan fingerprint density at radius 2 is 1.82 bits per heavy atom. The number of carbonyl (C=O) groups excluding carboxylic acids is 1. The van der Waals surface area contributed by atoms with Crippen LogP contribution < -0.4 is 0 Å². The standard InChI is InChI=1S/C29H26F4N4O/c1-17-4-19(2-3-34-17)28-26-8-22-14-37(27(38)9-20(22)7-21(26)12-35-28)25-11-29(32,33)16-36(15-25)13-18-5-23(30)10-24(31)6-18/h2-8,10,25H,9,11-16H2,1H3. The number of rotatable bonds is 4. The van der Waals surface area contributed by atoms with Gasteiger partial charge in [0.25, 0.3) is 5.92 Å². The van der Waals surface area contributed by atoms with Crippen molar-refractivity contribution in [1.82, 2.24) is 14.8 Å². The minimum Gasteiger partial charge on any atom is -0.334 e. The molecule has 38 heavy (non-hydrogen) atoms. The molecule has 1 unspecified atom stereocenters. The third-order valence-electron chi connectivity index (χ3n) is 7.49. The minimum atomic E-state index is -3.04. The van der Waals surface area contributed by atoms with Crippen LogP contribution in [-0.4, -0.2) is 51.5 Å². The van der Waals surface area contributed by atoms with Crippen molar-refractivity contribution in [3.05, 3.63) is 99.4 Å². The number of aryl methyl sites for hydroxylation is 1. The van der Waals surface area contributed by atoms with E-state index in [9.17, 15) is 22.4 Å². The van der Waals surface area contributed by atoms with Gasteiger partial charge in [-0.05, 0) is 59.5 Å². The van der Waals surface area contributed by atoms with Crippen molar-refractivity contribution in [1.29, 1.82) is 0 Å². The molecule has 0 saturated carbocycles. The number of aromatic nitrogens is 1. The zero-order chi connectivity index (χ0) is 26.6. The molecule has 0 N–H and O–H groups in total. The van der Waals surface area contributed by atoms with Crippen molar-refractivity contribution in [2.45, 2.75) is 51.4 Å². The third kappa shape index (κ3) is 4.82. The number of carbonyl (C=O) groups is 1. The highest BCUT2D eigenvalue weighted by molar-refractivity contribution is 6.15. The molecule has 0 spiro atoms. The first-order valence-corrected chi connectivity index (χ1v) is 12.6. The van der Waals surface area contributed by atoms with E-state index in [2.05, 4.69) is 4.98 Å². The fraction of sp³-hybridized carbons (Fsp3) is 0.345. The number of fused-ring (bicyclic) bond motifs is 2.